The minimum Gasteiger partial charge on any atom is -0.493 e. The second kappa shape index (κ2) is 9.12. The number of nitrogens with zero attached hydrogens (tertiary/aromatic N) is 1. The molecular weight excluding hydrogens is 451 g/mol. The second-order valence-electron chi connectivity index (χ2n) is 6.60. The summed E-state index contributed by atoms with van der Waals surface area (Å²) in [6.07, 6.45) is 4.94. The van der Waals surface area contributed by atoms with E-state index in [4.69, 9.17) is 10.5 Å². The molecule has 0 saturated heterocycles. The van der Waals surface area contributed by atoms with Gasteiger partial charge in [-0.15, -0.1) is 24.0 Å². The number of aliphatic imine (C=N–C) groups is 1. The number of fused-ring (bicyclic) bond motifs is 2. The number of hydrogen-bond donors (Lipinski definition) is 3. The van der Waals surface area contributed by atoms with Crippen molar-refractivity contribution in [1.29, 1.82) is 0 Å². The molecule has 1 atom stereocenters. The molecule has 2 aromatic carbocycles. The molecule has 0 radical (unpaired) electrons. The van der Waals surface area contributed by atoms with Crippen LogP contribution in [0.2, 0.25) is 0 Å². The summed E-state index contributed by atoms with van der Waals surface area (Å²) in [6, 6.07) is 16.6. The lowest BCUT2D eigenvalue weighted by Gasteiger charge is -2.26. The molecule has 1 unspecified atom stereocenters. The zero-order chi connectivity index (χ0) is 17.8. The Morgan fingerprint density at radius 3 is 2.93 bits per heavy atom. The number of rotatable bonds is 5. The van der Waals surface area contributed by atoms with Crippen LogP contribution in [0.1, 0.15) is 30.0 Å². The van der Waals surface area contributed by atoms with Crippen LogP contribution in [0.25, 0.3) is 10.9 Å². The van der Waals surface area contributed by atoms with Gasteiger partial charge in [-0.3, -0.25) is 4.99 Å². The number of para-hydroxylation sites is 2. The molecule has 6 heteroatoms. The Labute approximate surface area is 176 Å². The fourth-order valence-electron chi connectivity index (χ4n) is 3.52. The predicted molar refractivity (Wildman–Crippen MR) is 121 cm³/mol. The van der Waals surface area contributed by atoms with Crippen LogP contribution in [0, 0.1) is 0 Å². The van der Waals surface area contributed by atoms with Gasteiger partial charge in [0.25, 0.3) is 0 Å². The average molecular weight is 476 g/mol. The molecule has 1 aromatic heterocycles. The maximum Gasteiger partial charge on any atom is 0.189 e. The summed E-state index contributed by atoms with van der Waals surface area (Å²) in [6.45, 7) is 1.41. The summed E-state index contributed by atoms with van der Waals surface area (Å²) < 4.78 is 5.69. The first-order chi connectivity index (χ1) is 12.8. The van der Waals surface area contributed by atoms with E-state index >= 15 is 0 Å². The first-order valence-electron chi connectivity index (χ1n) is 9.14. The maximum absolute atomic E-state index is 6.10. The number of nitrogens with two attached hydrogens (primary N) is 1. The van der Waals surface area contributed by atoms with Gasteiger partial charge >= 0.3 is 0 Å². The second-order valence-corrected chi connectivity index (χ2v) is 6.60. The number of hydrogen-bond acceptors (Lipinski definition) is 2. The molecule has 0 spiro atoms. The minimum atomic E-state index is 0. The van der Waals surface area contributed by atoms with Crippen molar-refractivity contribution in [2.75, 3.05) is 13.2 Å². The Morgan fingerprint density at radius 1 is 1.19 bits per heavy atom. The van der Waals surface area contributed by atoms with Crippen LogP contribution >= 0.6 is 24.0 Å². The van der Waals surface area contributed by atoms with Gasteiger partial charge < -0.3 is 20.8 Å². The largest absolute Gasteiger partial charge is 0.493 e. The van der Waals surface area contributed by atoms with E-state index in [2.05, 4.69) is 45.8 Å². The highest BCUT2D eigenvalue weighted by Gasteiger charge is 2.21. The normalized spacial score (nSPS) is 16.3. The van der Waals surface area contributed by atoms with E-state index < -0.39 is 0 Å². The van der Waals surface area contributed by atoms with Crippen LogP contribution in [0.3, 0.4) is 0 Å². The van der Waals surface area contributed by atoms with E-state index in [1.807, 2.05) is 24.3 Å². The molecular formula is C21H25IN4O. The van der Waals surface area contributed by atoms with E-state index in [-0.39, 0.29) is 30.0 Å². The molecule has 27 heavy (non-hydrogen) atoms. The molecule has 2 heterocycles. The fraction of sp³-hybridized carbons (Fsp3) is 0.286. The van der Waals surface area contributed by atoms with Gasteiger partial charge in [-0.25, -0.2) is 0 Å². The van der Waals surface area contributed by atoms with Crippen molar-refractivity contribution in [1.82, 2.24) is 10.3 Å². The number of aromatic nitrogens is 1. The van der Waals surface area contributed by atoms with Gasteiger partial charge in [0.05, 0.1) is 12.6 Å². The Kier molecular flexibility index (Phi) is 6.60. The SMILES string of the molecule is I.NC(=NCCCc1c[nH]c2ccccc12)NC1CCOc2ccccc21. The predicted octanol–water partition coefficient (Wildman–Crippen LogP) is 4.15. The summed E-state index contributed by atoms with van der Waals surface area (Å²) in [5, 5.41) is 4.63. The Morgan fingerprint density at radius 2 is 2.00 bits per heavy atom. The highest BCUT2D eigenvalue weighted by Crippen LogP contribution is 2.31. The lowest BCUT2D eigenvalue weighted by Crippen LogP contribution is -2.37. The standard InChI is InChI=1S/C21H24N4O.HI/c22-21(25-19-11-13-26-20-10-4-2-8-17(19)20)23-12-5-6-15-14-24-18-9-3-1-7-16(15)18;/h1-4,7-10,14,19,24H,5-6,11-13H2,(H3,22,23,25);1H. The fourth-order valence-corrected chi connectivity index (χ4v) is 3.52. The van der Waals surface area contributed by atoms with E-state index in [0.717, 1.165) is 30.6 Å². The molecule has 142 valence electrons. The number of aryl methyl sites for hydroxylation is 1. The number of aromatic amines is 1. The Balaban J connectivity index is 0.00000210. The van der Waals surface area contributed by atoms with Gasteiger partial charge in [0, 0.05) is 35.6 Å². The van der Waals surface area contributed by atoms with Crippen molar-refractivity contribution in [2.45, 2.75) is 25.3 Å². The lowest BCUT2D eigenvalue weighted by molar-refractivity contribution is 0.262. The molecule has 0 saturated carbocycles. The molecule has 1 aliphatic rings. The van der Waals surface area contributed by atoms with Gasteiger partial charge in [0.2, 0.25) is 0 Å². The van der Waals surface area contributed by atoms with Crippen molar-refractivity contribution in [3.05, 3.63) is 65.9 Å². The summed E-state index contributed by atoms with van der Waals surface area (Å²) in [5.41, 5.74) is 9.77. The lowest BCUT2D eigenvalue weighted by atomic mass is 10.0. The number of halogens is 1. The van der Waals surface area contributed by atoms with Gasteiger partial charge in [-0.2, -0.15) is 0 Å². The van der Waals surface area contributed by atoms with Gasteiger partial charge in [0.1, 0.15) is 5.75 Å². The molecule has 0 bridgehead atoms. The number of nitrogens with one attached hydrogen (secondary N) is 2. The third-order valence-electron chi connectivity index (χ3n) is 4.84. The van der Waals surface area contributed by atoms with Gasteiger partial charge in [0.15, 0.2) is 5.96 Å². The molecule has 5 nitrogen and oxygen atoms in total. The van der Waals surface area contributed by atoms with Crippen molar-refractivity contribution < 1.29 is 4.74 Å². The summed E-state index contributed by atoms with van der Waals surface area (Å²) in [4.78, 5) is 7.82. The molecule has 4 N–H and O–H groups in total. The van der Waals surface area contributed by atoms with Crippen LogP contribution < -0.4 is 15.8 Å². The number of H-pyrrole nitrogens is 1. The first kappa shape index (κ1) is 19.5. The van der Waals surface area contributed by atoms with E-state index in [0.29, 0.717) is 19.1 Å². The van der Waals surface area contributed by atoms with Crippen LogP contribution in [-0.4, -0.2) is 24.1 Å². The Hall–Kier alpha value is -2.22. The van der Waals surface area contributed by atoms with Crippen LogP contribution in [0.4, 0.5) is 0 Å². The van der Waals surface area contributed by atoms with E-state index in [1.54, 1.807) is 0 Å². The third kappa shape index (κ3) is 4.55. The van der Waals surface area contributed by atoms with Crippen LogP contribution in [0.5, 0.6) is 5.75 Å². The monoisotopic (exact) mass is 476 g/mol. The average Bonchev–Trinajstić information content (AvgIpc) is 3.09. The number of ether oxygens (including phenoxy) is 1. The van der Waals surface area contributed by atoms with Gasteiger partial charge in [-0.05, 0) is 30.5 Å². The third-order valence-corrected chi connectivity index (χ3v) is 4.84. The molecule has 3 aromatic rings. The molecule has 0 aliphatic carbocycles. The minimum absolute atomic E-state index is 0. The van der Waals surface area contributed by atoms with Crippen molar-refractivity contribution in [3.63, 3.8) is 0 Å². The number of guanidine groups is 1. The topological polar surface area (TPSA) is 75.4 Å². The van der Waals surface area contributed by atoms with Crippen molar-refractivity contribution in [3.8, 4) is 5.75 Å². The van der Waals surface area contributed by atoms with Crippen molar-refractivity contribution >= 4 is 40.8 Å². The highest BCUT2D eigenvalue weighted by molar-refractivity contribution is 14.0. The van der Waals surface area contributed by atoms with Crippen molar-refractivity contribution in [2.24, 2.45) is 10.7 Å². The molecule has 0 fully saturated rings. The summed E-state index contributed by atoms with van der Waals surface area (Å²) >= 11 is 0. The van der Waals surface area contributed by atoms with Crippen LogP contribution in [-0.2, 0) is 6.42 Å². The Bertz CT molecular complexity index is 921. The van der Waals surface area contributed by atoms with Crippen LogP contribution in [0.15, 0.2) is 59.7 Å². The smallest absolute Gasteiger partial charge is 0.189 e. The molecule has 4 rings (SSSR count). The summed E-state index contributed by atoms with van der Waals surface area (Å²) in [7, 11) is 0. The maximum atomic E-state index is 6.10. The number of benzene rings is 2. The molecule has 1 aliphatic heterocycles. The molecule has 0 amide bonds. The van der Waals surface area contributed by atoms with E-state index in [1.165, 1.54) is 16.5 Å². The zero-order valence-corrected chi connectivity index (χ0v) is 17.5. The summed E-state index contributed by atoms with van der Waals surface area (Å²) in [5.74, 6) is 1.44. The zero-order valence-electron chi connectivity index (χ0n) is 15.2. The first-order valence-corrected chi connectivity index (χ1v) is 9.14. The quantitative estimate of drug-likeness (QED) is 0.224. The van der Waals surface area contributed by atoms with Gasteiger partial charge in [-0.1, -0.05) is 36.4 Å². The van der Waals surface area contributed by atoms with E-state index in [9.17, 15) is 0 Å². The highest BCUT2D eigenvalue weighted by atomic mass is 127.